The van der Waals surface area contributed by atoms with Crippen LogP contribution in [0, 0.1) is 5.92 Å². The lowest BCUT2D eigenvalue weighted by Crippen LogP contribution is -2.34. The van der Waals surface area contributed by atoms with Crippen LogP contribution < -0.4 is 11.1 Å². The van der Waals surface area contributed by atoms with Gasteiger partial charge in [-0.2, -0.15) is 9.61 Å². The summed E-state index contributed by atoms with van der Waals surface area (Å²) in [6.45, 7) is 3.60. The molecule has 2 rings (SSSR count). The van der Waals surface area contributed by atoms with Gasteiger partial charge in [-0.25, -0.2) is 4.98 Å². The molecule has 0 bridgehead atoms. The standard InChI is InChI=1S/C11H15N5O/c1-7(8(2)12)11(17)15-10-3-5-13-9-4-6-14-16(9)10/h3-8H,12H2,1-2H3,(H,15,17). The predicted octanol–water partition coefficient (Wildman–Crippen LogP) is 0.651. The minimum Gasteiger partial charge on any atom is -0.327 e. The van der Waals surface area contributed by atoms with Crippen LogP contribution in [0.3, 0.4) is 0 Å². The number of hydrogen-bond donors (Lipinski definition) is 2. The highest BCUT2D eigenvalue weighted by molar-refractivity contribution is 5.92. The van der Waals surface area contributed by atoms with E-state index >= 15 is 0 Å². The summed E-state index contributed by atoms with van der Waals surface area (Å²) in [5.41, 5.74) is 6.38. The SMILES string of the molecule is CC(N)C(C)C(=O)Nc1ccnc2ccnn12. The molecule has 90 valence electrons. The number of hydrogen-bond acceptors (Lipinski definition) is 4. The van der Waals surface area contributed by atoms with E-state index in [1.54, 1.807) is 42.9 Å². The maximum atomic E-state index is 11.9. The highest BCUT2D eigenvalue weighted by Crippen LogP contribution is 2.10. The maximum absolute atomic E-state index is 11.9. The summed E-state index contributed by atoms with van der Waals surface area (Å²) in [7, 11) is 0. The molecular weight excluding hydrogens is 218 g/mol. The first-order valence-electron chi connectivity index (χ1n) is 5.45. The molecule has 0 fully saturated rings. The second kappa shape index (κ2) is 4.50. The first kappa shape index (κ1) is 11.5. The van der Waals surface area contributed by atoms with E-state index in [-0.39, 0.29) is 17.9 Å². The third-order valence-electron chi connectivity index (χ3n) is 2.74. The van der Waals surface area contributed by atoms with E-state index in [4.69, 9.17) is 5.73 Å². The lowest BCUT2D eigenvalue weighted by molar-refractivity contribution is -0.119. The Hall–Kier alpha value is -1.95. The second-order valence-electron chi connectivity index (χ2n) is 4.07. The molecule has 0 saturated heterocycles. The smallest absolute Gasteiger partial charge is 0.229 e. The van der Waals surface area contributed by atoms with Gasteiger partial charge in [0.15, 0.2) is 5.65 Å². The topological polar surface area (TPSA) is 85.3 Å². The highest BCUT2D eigenvalue weighted by atomic mass is 16.2. The van der Waals surface area contributed by atoms with E-state index < -0.39 is 0 Å². The molecule has 0 aliphatic heterocycles. The molecule has 6 heteroatoms. The number of nitrogens with two attached hydrogens (primary N) is 1. The number of carbonyl (C=O) groups is 1. The van der Waals surface area contributed by atoms with Crippen molar-refractivity contribution in [3.63, 3.8) is 0 Å². The van der Waals surface area contributed by atoms with Gasteiger partial charge >= 0.3 is 0 Å². The van der Waals surface area contributed by atoms with Crippen LogP contribution in [0.2, 0.25) is 0 Å². The van der Waals surface area contributed by atoms with Gasteiger partial charge < -0.3 is 11.1 Å². The number of anilines is 1. The number of carbonyl (C=O) groups excluding carboxylic acids is 1. The molecule has 2 atom stereocenters. The van der Waals surface area contributed by atoms with E-state index in [0.717, 1.165) is 0 Å². The number of nitrogens with one attached hydrogen (secondary N) is 1. The first-order chi connectivity index (χ1) is 8.09. The number of rotatable bonds is 3. The summed E-state index contributed by atoms with van der Waals surface area (Å²) in [5.74, 6) is 0.217. The number of fused-ring (bicyclic) bond motifs is 1. The molecule has 1 amide bonds. The van der Waals surface area contributed by atoms with Crippen molar-refractivity contribution < 1.29 is 4.79 Å². The van der Waals surface area contributed by atoms with Gasteiger partial charge in [0.05, 0.1) is 12.1 Å². The molecule has 6 nitrogen and oxygen atoms in total. The second-order valence-corrected chi connectivity index (χ2v) is 4.07. The molecule has 2 heterocycles. The van der Waals surface area contributed by atoms with Crippen LogP contribution in [0.4, 0.5) is 5.82 Å². The quantitative estimate of drug-likeness (QED) is 0.815. The van der Waals surface area contributed by atoms with Gasteiger partial charge in [0.1, 0.15) is 5.82 Å². The summed E-state index contributed by atoms with van der Waals surface area (Å²) in [5, 5.41) is 6.88. The Kier molecular flexibility index (Phi) is 3.06. The molecule has 2 aromatic rings. The molecule has 2 unspecified atom stereocenters. The van der Waals surface area contributed by atoms with Crippen LogP contribution in [0.25, 0.3) is 5.65 Å². The van der Waals surface area contributed by atoms with Gasteiger partial charge in [-0.05, 0) is 13.0 Å². The molecule has 3 N–H and O–H groups in total. The Morgan fingerprint density at radius 3 is 2.88 bits per heavy atom. The van der Waals surface area contributed by atoms with Crippen molar-refractivity contribution in [2.24, 2.45) is 11.7 Å². The van der Waals surface area contributed by atoms with Crippen molar-refractivity contribution in [2.45, 2.75) is 19.9 Å². The van der Waals surface area contributed by atoms with E-state index in [1.807, 2.05) is 0 Å². The van der Waals surface area contributed by atoms with Gasteiger partial charge in [-0.3, -0.25) is 4.79 Å². The highest BCUT2D eigenvalue weighted by Gasteiger charge is 2.18. The third-order valence-corrected chi connectivity index (χ3v) is 2.74. The van der Waals surface area contributed by atoms with Crippen LogP contribution in [-0.4, -0.2) is 26.5 Å². The van der Waals surface area contributed by atoms with Crippen molar-refractivity contribution >= 4 is 17.4 Å². The maximum Gasteiger partial charge on any atom is 0.229 e. The average molecular weight is 233 g/mol. The van der Waals surface area contributed by atoms with Crippen LogP contribution in [0.5, 0.6) is 0 Å². The van der Waals surface area contributed by atoms with Crippen LogP contribution in [0.1, 0.15) is 13.8 Å². The minimum absolute atomic E-state index is 0.122. The van der Waals surface area contributed by atoms with E-state index in [2.05, 4.69) is 15.4 Å². The monoisotopic (exact) mass is 233 g/mol. The van der Waals surface area contributed by atoms with Crippen molar-refractivity contribution in [3.8, 4) is 0 Å². The number of aromatic nitrogens is 3. The fourth-order valence-electron chi connectivity index (χ4n) is 1.41. The molecule has 0 aromatic carbocycles. The number of amides is 1. The molecule has 17 heavy (non-hydrogen) atoms. The molecule has 0 aliphatic carbocycles. The Balaban J connectivity index is 2.24. The van der Waals surface area contributed by atoms with Crippen molar-refractivity contribution in [3.05, 3.63) is 24.5 Å². The normalized spacial score (nSPS) is 14.5. The molecular formula is C11H15N5O. The summed E-state index contributed by atoms with van der Waals surface area (Å²) in [6, 6.07) is 3.28. The van der Waals surface area contributed by atoms with E-state index in [1.165, 1.54) is 0 Å². The summed E-state index contributed by atoms with van der Waals surface area (Å²) >= 11 is 0. The zero-order valence-corrected chi connectivity index (χ0v) is 9.79. The lowest BCUT2D eigenvalue weighted by Gasteiger charge is -2.15. The van der Waals surface area contributed by atoms with Crippen LogP contribution >= 0.6 is 0 Å². The Bertz CT molecular complexity index is 533. The van der Waals surface area contributed by atoms with Gasteiger partial charge in [-0.15, -0.1) is 0 Å². The largest absolute Gasteiger partial charge is 0.327 e. The van der Waals surface area contributed by atoms with Crippen molar-refractivity contribution in [1.82, 2.24) is 14.6 Å². The van der Waals surface area contributed by atoms with Gasteiger partial charge in [-0.1, -0.05) is 6.92 Å². The molecule has 0 saturated carbocycles. The number of nitrogens with zero attached hydrogens (tertiary/aromatic N) is 3. The third kappa shape index (κ3) is 2.26. The Labute approximate surface area is 98.8 Å². The molecule has 0 radical (unpaired) electrons. The molecule has 0 aliphatic rings. The predicted molar refractivity (Wildman–Crippen MR) is 64.4 cm³/mol. The molecule has 2 aromatic heterocycles. The zero-order chi connectivity index (χ0) is 12.4. The Morgan fingerprint density at radius 2 is 2.18 bits per heavy atom. The summed E-state index contributed by atoms with van der Waals surface area (Å²) < 4.78 is 1.58. The molecule has 0 spiro atoms. The fraction of sp³-hybridized carbons (Fsp3) is 0.364. The Morgan fingerprint density at radius 1 is 1.41 bits per heavy atom. The first-order valence-corrected chi connectivity index (χ1v) is 5.45. The lowest BCUT2D eigenvalue weighted by atomic mass is 10.0. The van der Waals surface area contributed by atoms with Crippen LogP contribution in [-0.2, 0) is 4.79 Å². The van der Waals surface area contributed by atoms with Crippen molar-refractivity contribution in [1.29, 1.82) is 0 Å². The minimum atomic E-state index is -0.256. The van der Waals surface area contributed by atoms with Crippen molar-refractivity contribution in [2.75, 3.05) is 5.32 Å². The van der Waals surface area contributed by atoms with Crippen LogP contribution in [0.15, 0.2) is 24.5 Å². The van der Waals surface area contributed by atoms with E-state index in [0.29, 0.717) is 11.5 Å². The summed E-state index contributed by atoms with van der Waals surface area (Å²) in [6.07, 6.45) is 3.26. The zero-order valence-electron chi connectivity index (χ0n) is 9.79. The van der Waals surface area contributed by atoms with Gasteiger partial charge in [0.25, 0.3) is 0 Å². The fourth-order valence-corrected chi connectivity index (χ4v) is 1.41. The average Bonchev–Trinajstić information content (AvgIpc) is 2.76. The van der Waals surface area contributed by atoms with Gasteiger partial charge in [0, 0.05) is 18.3 Å². The van der Waals surface area contributed by atoms with Gasteiger partial charge in [0.2, 0.25) is 5.91 Å². The summed E-state index contributed by atoms with van der Waals surface area (Å²) in [4.78, 5) is 16.0. The van der Waals surface area contributed by atoms with E-state index in [9.17, 15) is 4.79 Å².